The van der Waals surface area contributed by atoms with Crippen LogP contribution >= 0.6 is 0 Å². The number of para-hydroxylation sites is 1. The van der Waals surface area contributed by atoms with Crippen LogP contribution in [-0.2, 0) is 0 Å². The summed E-state index contributed by atoms with van der Waals surface area (Å²) in [6, 6.07) is 20.1. The van der Waals surface area contributed by atoms with Gasteiger partial charge in [0.2, 0.25) is 0 Å². The van der Waals surface area contributed by atoms with Crippen molar-refractivity contribution in [3.8, 4) is 0 Å². The molecule has 0 aliphatic carbocycles. The monoisotopic (exact) mass is 274 g/mol. The summed E-state index contributed by atoms with van der Waals surface area (Å²) >= 11 is 0. The van der Waals surface area contributed by atoms with Crippen LogP contribution in [0.25, 0.3) is 10.9 Å². The summed E-state index contributed by atoms with van der Waals surface area (Å²) in [7, 11) is 0. The maximum Gasteiger partial charge on any atom is 0.0757 e. The van der Waals surface area contributed by atoms with E-state index in [4.69, 9.17) is 0 Å². The average Bonchev–Trinajstić information content (AvgIpc) is 3.11. The Morgan fingerprint density at radius 1 is 0.952 bits per heavy atom. The summed E-state index contributed by atoms with van der Waals surface area (Å²) in [6.45, 7) is 2.41. The Hall–Kier alpha value is -2.06. The van der Waals surface area contributed by atoms with Crippen molar-refractivity contribution in [3.05, 3.63) is 71.4 Å². The largest absolute Gasteiger partial charge is 0.357 e. The SMILES string of the molecule is c1ccc([C@@H]2c3[nH]c4ccccc4c3[C@H]3CCN2C3)cc1. The number of benzene rings is 2. The summed E-state index contributed by atoms with van der Waals surface area (Å²) in [5.41, 5.74) is 5.70. The third-order valence-corrected chi connectivity index (χ3v) is 5.16. The summed E-state index contributed by atoms with van der Waals surface area (Å²) in [5, 5.41) is 1.43. The molecular formula is C19H18N2. The minimum Gasteiger partial charge on any atom is -0.357 e. The van der Waals surface area contributed by atoms with Gasteiger partial charge in [-0.15, -0.1) is 0 Å². The average molecular weight is 274 g/mol. The van der Waals surface area contributed by atoms with Crippen molar-refractivity contribution < 1.29 is 0 Å². The van der Waals surface area contributed by atoms with Crippen LogP contribution in [0, 0.1) is 0 Å². The lowest BCUT2D eigenvalue weighted by Crippen LogP contribution is -2.31. The van der Waals surface area contributed by atoms with Crippen LogP contribution in [0.5, 0.6) is 0 Å². The Kier molecular flexibility index (Phi) is 2.33. The quantitative estimate of drug-likeness (QED) is 0.709. The predicted molar refractivity (Wildman–Crippen MR) is 85.5 cm³/mol. The maximum atomic E-state index is 3.72. The first-order chi connectivity index (χ1) is 10.4. The van der Waals surface area contributed by atoms with E-state index in [9.17, 15) is 0 Å². The normalized spacial score (nSPS) is 27.0. The van der Waals surface area contributed by atoms with Crippen molar-refractivity contribution in [1.29, 1.82) is 0 Å². The minimum atomic E-state index is 0.396. The van der Waals surface area contributed by atoms with E-state index in [2.05, 4.69) is 64.5 Å². The Morgan fingerprint density at radius 3 is 2.67 bits per heavy atom. The van der Waals surface area contributed by atoms with E-state index in [1.54, 1.807) is 5.56 Å². The molecule has 21 heavy (non-hydrogen) atoms. The lowest BCUT2D eigenvalue weighted by Gasteiger charge is -2.33. The van der Waals surface area contributed by atoms with Crippen molar-refractivity contribution in [2.24, 2.45) is 0 Å². The molecule has 2 aliphatic rings. The molecule has 1 saturated heterocycles. The van der Waals surface area contributed by atoms with Gasteiger partial charge in [0.1, 0.15) is 0 Å². The van der Waals surface area contributed by atoms with Gasteiger partial charge in [-0.05, 0) is 30.2 Å². The van der Waals surface area contributed by atoms with E-state index in [1.165, 1.54) is 41.7 Å². The minimum absolute atomic E-state index is 0.396. The van der Waals surface area contributed by atoms with Gasteiger partial charge in [0, 0.05) is 29.1 Å². The number of H-pyrrole nitrogens is 1. The molecule has 2 aromatic carbocycles. The molecule has 1 unspecified atom stereocenters. The van der Waals surface area contributed by atoms with Crippen molar-refractivity contribution in [2.45, 2.75) is 18.4 Å². The number of aromatic nitrogens is 1. The fraction of sp³-hybridized carbons (Fsp3) is 0.263. The fourth-order valence-corrected chi connectivity index (χ4v) is 4.29. The van der Waals surface area contributed by atoms with Crippen molar-refractivity contribution in [1.82, 2.24) is 9.88 Å². The molecule has 3 aromatic rings. The van der Waals surface area contributed by atoms with Crippen LogP contribution in [0.1, 0.15) is 35.2 Å². The Morgan fingerprint density at radius 2 is 1.76 bits per heavy atom. The first-order valence-corrected chi connectivity index (χ1v) is 7.81. The first kappa shape index (κ1) is 11.6. The van der Waals surface area contributed by atoms with Gasteiger partial charge in [-0.25, -0.2) is 0 Å². The number of fused-ring (bicyclic) bond motifs is 6. The highest BCUT2D eigenvalue weighted by molar-refractivity contribution is 5.86. The summed E-state index contributed by atoms with van der Waals surface area (Å²) < 4.78 is 0. The van der Waals surface area contributed by atoms with Crippen LogP contribution in [0.4, 0.5) is 0 Å². The van der Waals surface area contributed by atoms with E-state index in [0.717, 1.165) is 0 Å². The lowest BCUT2D eigenvalue weighted by molar-refractivity contribution is 0.261. The Balaban J connectivity index is 1.79. The second-order valence-electron chi connectivity index (χ2n) is 6.29. The molecule has 2 heteroatoms. The van der Waals surface area contributed by atoms with Gasteiger partial charge in [-0.3, -0.25) is 4.90 Å². The molecule has 0 saturated carbocycles. The van der Waals surface area contributed by atoms with Crippen molar-refractivity contribution in [3.63, 3.8) is 0 Å². The number of nitrogens with one attached hydrogen (secondary N) is 1. The molecule has 3 heterocycles. The van der Waals surface area contributed by atoms with Crippen LogP contribution in [-0.4, -0.2) is 23.0 Å². The molecule has 0 amide bonds. The lowest BCUT2D eigenvalue weighted by atomic mass is 9.88. The molecule has 1 aromatic heterocycles. The molecule has 1 fully saturated rings. The van der Waals surface area contributed by atoms with Crippen molar-refractivity contribution >= 4 is 10.9 Å². The molecule has 2 bridgehead atoms. The summed E-state index contributed by atoms with van der Waals surface area (Å²) in [5.74, 6) is 0.705. The van der Waals surface area contributed by atoms with Gasteiger partial charge in [0.15, 0.2) is 0 Å². The number of nitrogens with zero attached hydrogens (tertiary/aromatic N) is 1. The smallest absolute Gasteiger partial charge is 0.0757 e. The van der Waals surface area contributed by atoms with Gasteiger partial charge in [0.25, 0.3) is 0 Å². The zero-order valence-corrected chi connectivity index (χ0v) is 11.9. The Bertz CT molecular complexity index is 803. The molecule has 5 rings (SSSR count). The molecule has 1 N–H and O–H groups in total. The van der Waals surface area contributed by atoms with Crippen LogP contribution in [0.3, 0.4) is 0 Å². The fourth-order valence-electron chi connectivity index (χ4n) is 4.29. The molecule has 2 nitrogen and oxygen atoms in total. The predicted octanol–water partition coefficient (Wildman–Crippen LogP) is 4.06. The molecule has 0 radical (unpaired) electrons. The summed E-state index contributed by atoms with van der Waals surface area (Å²) in [6.07, 6.45) is 1.29. The highest BCUT2D eigenvalue weighted by atomic mass is 15.2. The van der Waals surface area contributed by atoms with Crippen molar-refractivity contribution in [2.75, 3.05) is 13.1 Å². The van der Waals surface area contributed by atoms with E-state index < -0.39 is 0 Å². The standard InChI is InChI=1S/C19H18N2/c1-2-6-13(7-3-1)19-18-17(14-10-11-21(19)12-14)15-8-4-5-9-16(15)20-18/h1-9,14,19-20H,10-12H2/t14-,19+/m0/s1. The van der Waals surface area contributed by atoms with Crippen LogP contribution in [0.15, 0.2) is 54.6 Å². The topological polar surface area (TPSA) is 19.0 Å². The molecule has 2 aliphatic heterocycles. The summed E-state index contributed by atoms with van der Waals surface area (Å²) in [4.78, 5) is 6.36. The maximum absolute atomic E-state index is 3.72. The third-order valence-electron chi connectivity index (χ3n) is 5.16. The van der Waals surface area contributed by atoms with Gasteiger partial charge in [-0.2, -0.15) is 0 Å². The van der Waals surface area contributed by atoms with Gasteiger partial charge >= 0.3 is 0 Å². The van der Waals surface area contributed by atoms with E-state index in [0.29, 0.717) is 12.0 Å². The molecule has 104 valence electrons. The zero-order valence-electron chi connectivity index (χ0n) is 11.9. The zero-order chi connectivity index (χ0) is 13.8. The number of rotatable bonds is 1. The van der Waals surface area contributed by atoms with E-state index in [-0.39, 0.29) is 0 Å². The highest BCUT2D eigenvalue weighted by Gasteiger charge is 2.40. The van der Waals surface area contributed by atoms with Gasteiger partial charge in [-0.1, -0.05) is 48.5 Å². The van der Waals surface area contributed by atoms with Gasteiger partial charge < -0.3 is 4.98 Å². The highest BCUT2D eigenvalue weighted by Crippen LogP contribution is 2.47. The third kappa shape index (κ3) is 1.57. The van der Waals surface area contributed by atoms with Crippen LogP contribution < -0.4 is 0 Å². The second-order valence-corrected chi connectivity index (χ2v) is 6.29. The second kappa shape index (κ2) is 4.22. The van der Waals surface area contributed by atoms with E-state index in [1.807, 2.05) is 0 Å². The molecule has 3 atom stereocenters. The molecule has 0 spiro atoms. The first-order valence-electron chi connectivity index (χ1n) is 7.81. The van der Waals surface area contributed by atoms with E-state index >= 15 is 0 Å². The number of aromatic amines is 1. The van der Waals surface area contributed by atoms with Gasteiger partial charge in [0.05, 0.1) is 6.04 Å². The number of hydrogen-bond donors (Lipinski definition) is 1. The van der Waals surface area contributed by atoms with Crippen LogP contribution in [0.2, 0.25) is 0 Å². The molecular weight excluding hydrogens is 256 g/mol. The number of hydrogen-bond acceptors (Lipinski definition) is 1. The Labute approximate surface area is 124 Å².